The Kier molecular flexibility index (Phi) is 4.05. The van der Waals surface area contributed by atoms with Crippen LogP contribution < -0.4 is 5.32 Å². The molecular weight excluding hydrogens is 259 g/mol. The molecule has 2 N–H and O–H groups in total. The minimum absolute atomic E-state index is 0.200. The predicted molar refractivity (Wildman–Crippen MR) is 72.0 cm³/mol. The summed E-state index contributed by atoms with van der Waals surface area (Å²) < 4.78 is 0. The molecule has 0 aliphatic heterocycles. The number of aromatic nitrogens is 1. The minimum atomic E-state index is -0.578. The molecule has 0 saturated carbocycles. The average molecular weight is 271 g/mol. The molecule has 5 heteroatoms. The van der Waals surface area contributed by atoms with Crippen LogP contribution in [0.25, 0.3) is 10.9 Å². The Morgan fingerprint density at radius 3 is 2.88 bits per heavy atom. The summed E-state index contributed by atoms with van der Waals surface area (Å²) in [5, 5.41) is 14.0. The van der Waals surface area contributed by atoms with E-state index in [2.05, 4.69) is 10.3 Å². The first kappa shape index (κ1) is 12.4. The lowest BCUT2D eigenvalue weighted by atomic mass is 10.2. The van der Waals surface area contributed by atoms with Crippen molar-refractivity contribution in [3.8, 4) is 0 Å². The van der Waals surface area contributed by atoms with Gasteiger partial charge in [0, 0.05) is 11.9 Å². The van der Waals surface area contributed by atoms with Gasteiger partial charge in [-0.05, 0) is 18.2 Å². The second-order valence-electron chi connectivity index (χ2n) is 3.70. The smallest absolute Gasteiger partial charge is 0.129 e. The van der Waals surface area contributed by atoms with E-state index in [-0.39, 0.29) is 5.88 Å². The fourth-order valence-corrected chi connectivity index (χ4v) is 1.80. The molecule has 1 aromatic heterocycles. The summed E-state index contributed by atoms with van der Waals surface area (Å²) in [6, 6.07) is 9.44. The van der Waals surface area contributed by atoms with Gasteiger partial charge >= 0.3 is 0 Å². The molecule has 0 fully saturated rings. The van der Waals surface area contributed by atoms with Crippen molar-refractivity contribution in [1.29, 1.82) is 0 Å². The van der Waals surface area contributed by atoms with Crippen molar-refractivity contribution in [1.82, 2.24) is 4.98 Å². The van der Waals surface area contributed by atoms with Gasteiger partial charge in [0.1, 0.15) is 5.15 Å². The standard InChI is InChI=1S/C12H12Cl2N2O/c13-6-9(17)7-15-10-3-1-2-8-4-5-11(14)16-12(8)10/h1-5,9,15,17H,6-7H2. The van der Waals surface area contributed by atoms with Crippen molar-refractivity contribution in [2.45, 2.75) is 6.10 Å². The van der Waals surface area contributed by atoms with Crippen molar-refractivity contribution >= 4 is 39.8 Å². The quantitative estimate of drug-likeness (QED) is 0.664. The van der Waals surface area contributed by atoms with Gasteiger partial charge in [-0.15, -0.1) is 11.6 Å². The summed E-state index contributed by atoms with van der Waals surface area (Å²) in [6.45, 7) is 0.386. The summed E-state index contributed by atoms with van der Waals surface area (Å²) in [5.41, 5.74) is 1.64. The number of fused-ring (bicyclic) bond motifs is 1. The monoisotopic (exact) mass is 270 g/mol. The van der Waals surface area contributed by atoms with Gasteiger partial charge in [-0.3, -0.25) is 0 Å². The maximum Gasteiger partial charge on any atom is 0.129 e. The molecule has 1 unspecified atom stereocenters. The first-order valence-corrected chi connectivity index (χ1v) is 6.15. The zero-order valence-electron chi connectivity index (χ0n) is 9.03. The molecule has 0 aliphatic carbocycles. The molecule has 2 rings (SSSR count). The maximum atomic E-state index is 9.40. The fourth-order valence-electron chi connectivity index (χ4n) is 1.55. The third kappa shape index (κ3) is 3.00. The van der Waals surface area contributed by atoms with E-state index in [1.54, 1.807) is 6.07 Å². The van der Waals surface area contributed by atoms with E-state index in [4.69, 9.17) is 23.2 Å². The van der Waals surface area contributed by atoms with Gasteiger partial charge in [0.2, 0.25) is 0 Å². The number of anilines is 1. The lowest BCUT2D eigenvalue weighted by Crippen LogP contribution is -2.20. The first-order chi connectivity index (χ1) is 8.20. The van der Waals surface area contributed by atoms with Gasteiger partial charge in [-0.1, -0.05) is 23.7 Å². The van der Waals surface area contributed by atoms with Crippen LogP contribution in [-0.2, 0) is 0 Å². The summed E-state index contributed by atoms with van der Waals surface area (Å²) in [7, 11) is 0. The van der Waals surface area contributed by atoms with E-state index in [1.165, 1.54) is 0 Å². The molecule has 0 bridgehead atoms. The number of benzene rings is 1. The number of aliphatic hydroxyl groups is 1. The van der Waals surface area contributed by atoms with Gasteiger partial charge < -0.3 is 10.4 Å². The SMILES string of the molecule is OC(CCl)CNc1cccc2ccc(Cl)nc12. The molecule has 0 saturated heterocycles. The minimum Gasteiger partial charge on any atom is -0.390 e. The Morgan fingerprint density at radius 1 is 1.29 bits per heavy atom. The van der Waals surface area contributed by atoms with Crippen LogP contribution in [0, 0.1) is 0 Å². The highest BCUT2D eigenvalue weighted by atomic mass is 35.5. The van der Waals surface area contributed by atoms with E-state index >= 15 is 0 Å². The van der Waals surface area contributed by atoms with Crippen LogP contribution in [0.3, 0.4) is 0 Å². The molecule has 3 nitrogen and oxygen atoms in total. The van der Waals surface area contributed by atoms with E-state index in [0.29, 0.717) is 11.7 Å². The van der Waals surface area contributed by atoms with Gasteiger partial charge in [0.25, 0.3) is 0 Å². The summed E-state index contributed by atoms with van der Waals surface area (Å²) in [6.07, 6.45) is -0.578. The Morgan fingerprint density at radius 2 is 2.12 bits per heavy atom. The summed E-state index contributed by atoms with van der Waals surface area (Å²) >= 11 is 11.4. The molecule has 1 aromatic carbocycles. The summed E-state index contributed by atoms with van der Waals surface area (Å²) in [5.74, 6) is 0.200. The highest BCUT2D eigenvalue weighted by Gasteiger charge is 2.05. The number of rotatable bonds is 4. The average Bonchev–Trinajstić information content (AvgIpc) is 2.35. The second kappa shape index (κ2) is 5.54. The number of nitrogens with one attached hydrogen (secondary N) is 1. The summed E-state index contributed by atoms with van der Waals surface area (Å²) in [4.78, 5) is 4.27. The molecule has 90 valence electrons. The third-order valence-electron chi connectivity index (χ3n) is 2.39. The van der Waals surface area contributed by atoms with E-state index in [9.17, 15) is 5.11 Å². The number of halogens is 2. The fraction of sp³-hybridized carbons (Fsp3) is 0.250. The number of para-hydroxylation sites is 1. The number of pyridine rings is 1. The van der Waals surface area contributed by atoms with Crippen molar-refractivity contribution in [2.75, 3.05) is 17.7 Å². The molecule has 0 amide bonds. The van der Waals surface area contributed by atoms with Gasteiger partial charge in [0.15, 0.2) is 0 Å². The largest absolute Gasteiger partial charge is 0.390 e. The predicted octanol–water partition coefficient (Wildman–Crippen LogP) is 2.90. The van der Waals surface area contributed by atoms with E-state index in [1.807, 2.05) is 24.3 Å². The van der Waals surface area contributed by atoms with Crippen LogP contribution in [0.1, 0.15) is 0 Å². The second-order valence-corrected chi connectivity index (χ2v) is 4.40. The zero-order chi connectivity index (χ0) is 12.3. The molecule has 17 heavy (non-hydrogen) atoms. The van der Waals surface area contributed by atoms with Crippen molar-refractivity contribution in [3.05, 3.63) is 35.5 Å². The number of nitrogens with zero attached hydrogens (tertiary/aromatic N) is 1. The van der Waals surface area contributed by atoms with Crippen LogP contribution in [0.2, 0.25) is 5.15 Å². The zero-order valence-corrected chi connectivity index (χ0v) is 10.5. The Labute approximate surface area is 109 Å². The number of alkyl halides is 1. The Hall–Kier alpha value is -1.03. The van der Waals surface area contributed by atoms with Crippen LogP contribution in [0.15, 0.2) is 30.3 Å². The molecule has 2 aromatic rings. The molecule has 1 atom stereocenters. The van der Waals surface area contributed by atoms with Crippen LogP contribution in [0.5, 0.6) is 0 Å². The molecule has 0 aliphatic rings. The van der Waals surface area contributed by atoms with Crippen LogP contribution in [0.4, 0.5) is 5.69 Å². The highest BCUT2D eigenvalue weighted by Crippen LogP contribution is 2.23. The van der Waals surface area contributed by atoms with Crippen LogP contribution in [-0.4, -0.2) is 28.6 Å². The lowest BCUT2D eigenvalue weighted by molar-refractivity contribution is 0.211. The van der Waals surface area contributed by atoms with E-state index < -0.39 is 6.10 Å². The topological polar surface area (TPSA) is 45.1 Å². The molecule has 1 heterocycles. The molecule has 0 spiro atoms. The highest BCUT2D eigenvalue weighted by molar-refractivity contribution is 6.29. The van der Waals surface area contributed by atoms with Gasteiger partial charge in [0.05, 0.1) is 23.2 Å². The third-order valence-corrected chi connectivity index (χ3v) is 2.96. The number of hydrogen-bond donors (Lipinski definition) is 2. The number of hydrogen-bond acceptors (Lipinski definition) is 3. The molecule has 0 radical (unpaired) electrons. The van der Waals surface area contributed by atoms with Crippen molar-refractivity contribution in [3.63, 3.8) is 0 Å². The lowest BCUT2D eigenvalue weighted by Gasteiger charge is -2.11. The maximum absolute atomic E-state index is 9.40. The van der Waals surface area contributed by atoms with E-state index in [0.717, 1.165) is 16.6 Å². The first-order valence-electron chi connectivity index (χ1n) is 5.24. The molecular formula is C12H12Cl2N2O. The Bertz CT molecular complexity index is 519. The van der Waals surface area contributed by atoms with Crippen molar-refractivity contribution in [2.24, 2.45) is 0 Å². The van der Waals surface area contributed by atoms with Crippen molar-refractivity contribution < 1.29 is 5.11 Å². The number of aliphatic hydroxyl groups excluding tert-OH is 1. The van der Waals surface area contributed by atoms with Gasteiger partial charge in [-0.25, -0.2) is 4.98 Å². The normalized spacial score (nSPS) is 12.6. The Balaban J connectivity index is 2.30. The van der Waals surface area contributed by atoms with Crippen LogP contribution >= 0.6 is 23.2 Å². The van der Waals surface area contributed by atoms with Gasteiger partial charge in [-0.2, -0.15) is 0 Å².